The standard InChI is InChI=1S/C24H40N4O2/c1-23(2,3)30-22(29)27-16-12-24(4,13-17-27)28-14-10-20(11-15-28)26-21(18-25)19-8-6-5-7-9-19/h5-9,20-21,26H,10-18,25H2,1-4H3/t21-/m0/s1. The summed E-state index contributed by atoms with van der Waals surface area (Å²) < 4.78 is 5.54. The van der Waals surface area contributed by atoms with Crippen molar-refractivity contribution in [2.24, 2.45) is 5.73 Å². The fourth-order valence-corrected chi connectivity index (χ4v) is 4.67. The molecular weight excluding hydrogens is 376 g/mol. The number of ether oxygens (including phenoxy) is 1. The van der Waals surface area contributed by atoms with Gasteiger partial charge in [-0.15, -0.1) is 0 Å². The van der Waals surface area contributed by atoms with Crippen LogP contribution in [-0.4, -0.2) is 65.8 Å². The molecule has 0 aliphatic carbocycles. The molecule has 6 heteroatoms. The van der Waals surface area contributed by atoms with E-state index in [1.54, 1.807) is 0 Å². The third-order valence-corrected chi connectivity index (χ3v) is 6.63. The van der Waals surface area contributed by atoms with Gasteiger partial charge in [-0.3, -0.25) is 4.90 Å². The summed E-state index contributed by atoms with van der Waals surface area (Å²) >= 11 is 0. The number of carbonyl (C=O) groups is 1. The number of carbonyl (C=O) groups excluding carboxylic acids is 1. The number of hydrogen-bond acceptors (Lipinski definition) is 5. The first-order chi connectivity index (χ1) is 14.2. The van der Waals surface area contributed by atoms with Crippen molar-refractivity contribution in [3.63, 3.8) is 0 Å². The minimum absolute atomic E-state index is 0.163. The fraction of sp³-hybridized carbons (Fsp3) is 0.708. The Morgan fingerprint density at radius 3 is 2.30 bits per heavy atom. The van der Waals surface area contributed by atoms with Gasteiger partial charge in [0.05, 0.1) is 0 Å². The van der Waals surface area contributed by atoms with Crippen molar-refractivity contribution in [1.29, 1.82) is 0 Å². The van der Waals surface area contributed by atoms with Gasteiger partial charge in [0.15, 0.2) is 0 Å². The lowest BCUT2D eigenvalue weighted by atomic mass is 9.85. The number of nitrogens with one attached hydrogen (secondary N) is 1. The molecule has 2 heterocycles. The van der Waals surface area contributed by atoms with E-state index < -0.39 is 5.60 Å². The molecular formula is C24H40N4O2. The van der Waals surface area contributed by atoms with Gasteiger partial charge in [-0.05, 0) is 58.9 Å². The van der Waals surface area contributed by atoms with Gasteiger partial charge >= 0.3 is 6.09 Å². The van der Waals surface area contributed by atoms with E-state index in [9.17, 15) is 4.79 Å². The van der Waals surface area contributed by atoms with E-state index in [1.807, 2.05) is 31.7 Å². The number of benzene rings is 1. The molecule has 3 rings (SSSR count). The maximum Gasteiger partial charge on any atom is 0.410 e. The first-order valence-corrected chi connectivity index (χ1v) is 11.4. The maximum atomic E-state index is 12.4. The van der Waals surface area contributed by atoms with Crippen LogP contribution in [-0.2, 0) is 4.74 Å². The second kappa shape index (κ2) is 9.67. The summed E-state index contributed by atoms with van der Waals surface area (Å²) in [6.45, 7) is 12.5. The monoisotopic (exact) mass is 416 g/mol. The largest absolute Gasteiger partial charge is 0.444 e. The lowest BCUT2D eigenvalue weighted by Gasteiger charge is -2.49. The lowest BCUT2D eigenvalue weighted by molar-refractivity contribution is -0.00887. The van der Waals surface area contributed by atoms with E-state index in [4.69, 9.17) is 10.5 Å². The average Bonchev–Trinajstić information content (AvgIpc) is 2.72. The summed E-state index contributed by atoms with van der Waals surface area (Å²) in [5.74, 6) is 0. The number of nitrogens with two attached hydrogens (primary N) is 1. The van der Waals surface area contributed by atoms with Crippen LogP contribution in [0.15, 0.2) is 30.3 Å². The Morgan fingerprint density at radius 2 is 1.77 bits per heavy atom. The molecule has 168 valence electrons. The summed E-state index contributed by atoms with van der Waals surface area (Å²) in [6.07, 6.45) is 4.09. The Labute approximate surface area is 182 Å². The zero-order valence-corrected chi connectivity index (χ0v) is 19.2. The molecule has 2 aliphatic heterocycles. The molecule has 1 atom stereocenters. The van der Waals surface area contributed by atoms with Crippen molar-refractivity contribution in [1.82, 2.24) is 15.1 Å². The zero-order chi connectivity index (χ0) is 21.8. The second-order valence-electron chi connectivity index (χ2n) is 10.1. The third kappa shape index (κ3) is 5.96. The predicted octanol–water partition coefficient (Wildman–Crippen LogP) is 3.53. The van der Waals surface area contributed by atoms with Crippen LogP contribution in [0.1, 0.15) is 65.0 Å². The molecule has 3 N–H and O–H groups in total. The molecule has 2 aliphatic rings. The number of nitrogens with zero attached hydrogens (tertiary/aromatic N) is 2. The Bertz CT molecular complexity index is 672. The number of piperidine rings is 2. The topological polar surface area (TPSA) is 70.8 Å². The third-order valence-electron chi connectivity index (χ3n) is 6.63. The minimum atomic E-state index is -0.437. The Kier molecular flexibility index (Phi) is 7.43. The van der Waals surface area contributed by atoms with Gasteiger partial charge < -0.3 is 20.7 Å². The molecule has 0 bridgehead atoms. The smallest absolute Gasteiger partial charge is 0.410 e. The molecule has 1 amide bonds. The van der Waals surface area contributed by atoms with Crippen LogP contribution in [0, 0.1) is 0 Å². The fourth-order valence-electron chi connectivity index (χ4n) is 4.67. The molecule has 2 fully saturated rings. The van der Waals surface area contributed by atoms with E-state index in [2.05, 4.69) is 41.4 Å². The van der Waals surface area contributed by atoms with E-state index >= 15 is 0 Å². The first kappa shape index (κ1) is 23.0. The van der Waals surface area contributed by atoms with Gasteiger partial charge in [-0.2, -0.15) is 0 Å². The molecule has 0 aromatic heterocycles. The molecule has 1 aromatic carbocycles. The van der Waals surface area contributed by atoms with Crippen LogP contribution >= 0.6 is 0 Å². The van der Waals surface area contributed by atoms with Gasteiger partial charge in [-0.1, -0.05) is 30.3 Å². The van der Waals surface area contributed by atoms with Gasteiger partial charge in [0.1, 0.15) is 5.60 Å². The molecule has 0 radical (unpaired) electrons. The summed E-state index contributed by atoms with van der Waals surface area (Å²) in [4.78, 5) is 16.9. The highest BCUT2D eigenvalue weighted by Gasteiger charge is 2.39. The SMILES string of the molecule is CC(C)(C)OC(=O)N1CCC(C)(N2CCC(N[C@@H](CN)c3ccccc3)CC2)CC1. The van der Waals surface area contributed by atoms with Crippen LogP contribution in [0.4, 0.5) is 4.79 Å². The van der Waals surface area contributed by atoms with Crippen LogP contribution in [0.25, 0.3) is 0 Å². The number of amides is 1. The quantitative estimate of drug-likeness (QED) is 0.768. The minimum Gasteiger partial charge on any atom is -0.444 e. The van der Waals surface area contributed by atoms with Crippen molar-refractivity contribution < 1.29 is 9.53 Å². The highest BCUT2D eigenvalue weighted by atomic mass is 16.6. The number of hydrogen-bond donors (Lipinski definition) is 2. The van der Waals surface area contributed by atoms with Crippen molar-refractivity contribution in [2.45, 2.75) is 76.6 Å². The lowest BCUT2D eigenvalue weighted by Crippen LogP contribution is -2.58. The molecule has 2 saturated heterocycles. The molecule has 30 heavy (non-hydrogen) atoms. The van der Waals surface area contributed by atoms with E-state index in [0.29, 0.717) is 12.6 Å². The van der Waals surface area contributed by atoms with E-state index in [1.165, 1.54) is 5.56 Å². The van der Waals surface area contributed by atoms with Crippen LogP contribution in [0.5, 0.6) is 0 Å². The van der Waals surface area contributed by atoms with Crippen molar-refractivity contribution in [3.05, 3.63) is 35.9 Å². The van der Waals surface area contributed by atoms with E-state index in [-0.39, 0.29) is 17.7 Å². The van der Waals surface area contributed by atoms with Gasteiger partial charge in [0.25, 0.3) is 0 Å². The highest BCUT2D eigenvalue weighted by molar-refractivity contribution is 5.68. The summed E-state index contributed by atoms with van der Waals surface area (Å²) in [6, 6.07) is 11.2. The predicted molar refractivity (Wildman–Crippen MR) is 121 cm³/mol. The average molecular weight is 417 g/mol. The molecule has 6 nitrogen and oxygen atoms in total. The molecule has 0 spiro atoms. The Balaban J connectivity index is 1.47. The highest BCUT2D eigenvalue weighted by Crippen LogP contribution is 2.32. The molecule has 0 saturated carbocycles. The van der Waals surface area contributed by atoms with Crippen LogP contribution in [0.2, 0.25) is 0 Å². The first-order valence-electron chi connectivity index (χ1n) is 11.4. The van der Waals surface area contributed by atoms with Crippen LogP contribution in [0.3, 0.4) is 0 Å². The maximum absolute atomic E-state index is 12.4. The van der Waals surface area contributed by atoms with Gasteiger partial charge in [0, 0.05) is 50.3 Å². The van der Waals surface area contributed by atoms with Crippen molar-refractivity contribution in [2.75, 3.05) is 32.7 Å². The normalized spacial score (nSPS) is 22.0. The number of likely N-dealkylation sites (tertiary alicyclic amines) is 2. The Hall–Kier alpha value is -1.63. The number of rotatable bonds is 5. The molecule has 0 unspecified atom stereocenters. The second-order valence-corrected chi connectivity index (χ2v) is 10.1. The Morgan fingerprint density at radius 1 is 1.17 bits per heavy atom. The zero-order valence-electron chi connectivity index (χ0n) is 19.2. The van der Waals surface area contributed by atoms with Gasteiger partial charge in [-0.25, -0.2) is 4.79 Å². The van der Waals surface area contributed by atoms with Crippen molar-refractivity contribution in [3.8, 4) is 0 Å². The summed E-state index contributed by atoms with van der Waals surface area (Å²) in [5, 5.41) is 3.78. The van der Waals surface area contributed by atoms with Crippen molar-refractivity contribution >= 4 is 6.09 Å². The summed E-state index contributed by atoms with van der Waals surface area (Å²) in [5.41, 5.74) is 7.04. The summed E-state index contributed by atoms with van der Waals surface area (Å²) in [7, 11) is 0. The van der Waals surface area contributed by atoms with Gasteiger partial charge in [0.2, 0.25) is 0 Å². The van der Waals surface area contributed by atoms with E-state index in [0.717, 1.165) is 51.9 Å². The molecule has 1 aromatic rings. The van der Waals surface area contributed by atoms with Crippen LogP contribution < -0.4 is 11.1 Å².